The van der Waals surface area contributed by atoms with Crippen LogP contribution in [0.3, 0.4) is 0 Å². The molecule has 0 saturated heterocycles. The molecule has 17 heavy (non-hydrogen) atoms. The third kappa shape index (κ3) is 2.70. The maximum Gasteiger partial charge on any atom is 0.124 e. The number of halogens is 1. The summed E-state index contributed by atoms with van der Waals surface area (Å²) >= 11 is 7.24. The van der Waals surface area contributed by atoms with Crippen LogP contribution in [0.15, 0.2) is 46.5 Å². The zero-order chi connectivity index (χ0) is 12.3. The average Bonchev–Trinajstić information content (AvgIpc) is 2.32. The van der Waals surface area contributed by atoms with Gasteiger partial charge in [0.2, 0.25) is 0 Å². The van der Waals surface area contributed by atoms with Crippen molar-refractivity contribution in [2.75, 3.05) is 5.73 Å². The molecule has 2 aromatic rings. The molecule has 5 heteroatoms. The zero-order valence-corrected chi connectivity index (χ0v) is 10.3. The van der Waals surface area contributed by atoms with Gasteiger partial charge in [-0.15, -0.1) is 0 Å². The minimum absolute atomic E-state index is 0.560. The predicted molar refractivity (Wildman–Crippen MR) is 68.9 cm³/mol. The quantitative estimate of drug-likeness (QED) is 0.901. The molecule has 1 aromatic carbocycles. The van der Waals surface area contributed by atoms with Gasteiger partial charge in [0.25, 0.3) is 0 Å². The fourth-order valence-electron chi connectivity index (χ4n) is 1.27. The third-order valence-electron chi connectivity index (χ3n) is 2.07. The first kappa shape index (κ1) is 11.8. The number of pyridine rings is 1. The van der Waals surface area contributed by atoms with Crippen LogP contribution >= 0.6 is 23.4 Å². The highest BCUT2D eigenvalue weighted by Crippen LogP contribution is 2.33. The molecule has 0 aliphatic carbocycles. The van der Waals surface area contributed by atoms with Gasteiger partial charge < -0.3 is 5.73 Å². The molecule has 0 atom stereocenters. The second-order valence-corrected chi connectivity index (χ2v) is 4.72. The van der Waals surface area contributed by atoms with Crippen LogP contribution < -0.4 is 5.73 Å². The van der Waals surface area contributed by atoms with Crippen molar-refractivity contribution in [3.8, 4) is 6.07 Å². The molecule has 1 aromatic heterocycles. The van der Waals surface area contributed by atoms with E-state index in [1.165, 1.54) is 11.8 Å². The summed E-state index contributed by atoms with van der Waals surface area (Å²) in [6, 6.07) is 10.8. The van der Waals surface area contributed by atoms with E-state index >= 15 is 0 Å². The largest absolute Gasteiger partial charge is 0.397 e. The predicted octanol–water partition coefficient (Wildman–Crippen LogP) is 3.34. The monoisotopic (exact) mass is 261 g/mol. The summed E-state index contributed by atoms with van der Waals surface area (Å²) in [6.07, 6.45) is 1.66. The maximum atomic E-state index is 9.00. The lowest BCUT2D eigenvalue weighted by Gasteiger charge is -2.05. The van der Waals surface area contributed by atoms with E-state index in [2.05, 4.69) is 11.1 Å². The Labute approximate surface area is 108 Å². The first-order valence-electron chi connectivity index (χ1n) is 4.78. The molecule has 2 N–H and O–H groups in total. The van der Waals surface area contributed by atoms with Gasteiger partial charge in [-0.05, 0) is 30.3 Å². The Hall–Kier alpha value is -1.70. The number of nitriles is 1. The summed E-state index contributed by atoms with van der Waals surface area (Å²) in [5.41, 5.74) is 6.94. The first-order chi connectivity index (χ1) is 8.20. The number of nitrogens with two attached hydrogens (primary N) is 1. The van der Waals surface area contributed by atoms with Gasteiger partial charge in [0.05, 0.1) is 11.3 Å². The average molecular weight is 262 g/mol. The summed E-state index contributed by atoms with van der Waals surface area (Å²) in [5.74, 6) is 0. The molecular weight excluding hydrogens is 254 g/mol. The number of hydrogen-bond donors (Lipinski definition) is 1. The molecule has 0 fully saturated rings. The summed E-state index contributed by atoms with van der Waals surface area (Å²) in [4.78, 5) is 4.92. The molecule has 0 unspecified atom stereocenters. The topological polar surface area (TPSA) is 62.7 Å². The van der Waals surface area contributed by atoms with Crippen molar-refractivity contribution >= 4 is 29.1 Å². The molecule has 84 valence electrons. The van der Waals surface area contributed by atoms with Crippen LogP contribution in [0.25, 0.3) is 0 Å². The molecule has 0 amide bonds. The van der Waals surface area contributed by atoms with Gasteiger partial charge in [-0.3, -0.25) is 0 Å². The van der Waals surface area contributed by atoms with Crippen LogP contribution in [0.4, 0.5) is 5.69 Å². The smallest absolute Gasteiger partial charge is 0.124 e. The van der Waals surface area contributed by atoms with Gasteiger partial charge in [-0.2, -0.15) is 5.26 Å². The molecule has 3 nitrogen and oxygen atoms in total. The van der Waals surface area contributed by atoms with Gasteiger partial charge in [0.1, 0.15) is 11.1 Å². The van der Waals surface area contributed by atoms with Crippen LogP contribution in [0, 0.1) is 11.3 Å². The fraction of sp³-hybridized carbons (Fsp3) is 0. The minimum Gasteiger partial charge on any atom is -0.397 e. The highest BCUT2D eigenvalue weighted by atomic mass is 35.5. The van der Waals surface area contributed by atoms with Crippen molar-refractivity contribution in [1.29, 1.82) is 5.26 Å². The van der Waals surface area contributed by atoms with Crippen LogP contribution in [-0.4, -0.2) is 4.98 Å². The number of anilines is 1. The summed E-state index contributed by atoms with van der Waals surface area (Å²) in [6.45, 7) is 0. The highest BCUT2D eigenvalue weighted by Gasteiger charge is 2.08. The molecule has 2 rings (SSSR count). The van der Waals surface area contributed by atoms with E-state index in [0.717, 1.165) is 4.90 Å². The number of nitrogen functional groups attached to an aromatic ring is 1. The van der Waals surface area contributed by atoms with Crippen molar-refractivity contribution < 1.29 is 0 Å². The Balaban J connectivity index is 2.40. The SMILES string of the molecule is N#Cc1ccc(Cl)cc1Sc1ncccc1N. The number of aromatic nitrogens is 1. The molecule has 0 aliphatic heterocycles. The van der Waals surface area contributed by atoms with E-state index in [9.17, 15) is 0 Å². The summed E-state index contributed by atoms with van der Waals surface area (Å²) in [5, 5.41) is 10.3. The Bertz CT molecular complexity index is 593. The summed E-state index contributed by atoms with van der Waals surface area (Å²) < 4.78 is 0. The molecule has 0 radical (unpaired) electrons. The Morgan fingerprint density at radius 1 is 1.35 bits per heavy atom. The second-order valence-electron chi connectivity index (χ2n) is 3.25. The van der Waals surface area contributed by atoms with Gasteiger partial charge >= 0.3 is 0 Å². The molecule has 0 spiro atoms. The van der Waals surface area contributed by atoms with E-state index in [4.69, 9.17) is 22.6 Å². The number of benzene rings is 1. The zero-order valence-electron chi connectivity index (χ0n) is 8.72. The molecule has 0 saturated carbocycles. The normalized spacial score (nSPS) is 9.88. The molecule has 0 aliphatic rings. The standard InChI is InChI=1S/C12H8ClN3S/c13-9-4-3-8(7-14)11(6-9)17-12-10(15)2-1-5-16-12/h1-6H,15H2. The van der Waals surface area contributed by atoms with Crippen LogP contribution in [0.5, 0.6) is 0 Å². The van der Waals surface area contributed by atoms with Crippen molar-refractivity contribution in [2.24, 2.45) is 0 Å². The van der Waals surface area contributed by atoms with Gasteiger partial charge in [0.15, 0.2) is 0 Å². The highest BCUT2D eigenvalue weighted by molar-refractivity contribution is 7.99. The second kappa shape index (κ2) is 5.09. The molecular formula is C12H8ClN3S. The van der Waals surface area contributed by atoms with Crippen molar-refractivity contribution in [3.05, 3.63) is 47.1 Å². The van der Waals surface area contributed by atoms with Crippen molar-refractivity contribution in [2.45, 2.75) is 9.92 Å². The Kier molecular flexibility index (Phi) is 3.52. The lowest BCUT2D eigenvalue weighted by atomic mass is 10.2. The van der Waals surface area contributed by atoms with Crippen LogP contribution in [0.1, 0.15) is 5.56 Å². The van der Waals surface area contributed by atoms with Crippen molar-refractivity contribution in [1.82, 2.24) is 4.98 Å². The van der Waals surface area contributed by atoms with E-state index < -0.39 is 0 Å². The van der Waals surface area contributed by atoms with E-state index in [0.29, 0.717) is 21.3 Å². The minimum atomic E-state index is 0.560. The number of rotatable bonds is 2. The maximum absolute atomic E-state index is 9.00. The number of hydrogen-bond acceptors (Lipinski definition) is 4. The molecule has 0 bridgehead atoms. The van der Waals surface area contributed by atoms with Crippen molar-refractivity contribution in [3.63, 3.8) is 0 Å². The lowest BCUT2D eigenvalue weighted by molar-refractivity contribution is 1.14. The van der Waals surface area contributed by atoms with E-state index in [-0.39, 0.29) is 0 Å². The van der Waals surface area contributed by atoms with E-state index in [1.807, 2.05) is 0 Å². The Morgan fingerprint density at radius 2 is 2.18 bits per heavy atom. The van der Waals surface area contributed by atoms with Crippen LogP contribution in [0.2, 0.25) is 5.02 Å². The third-order valence-corrected chi connectivity index (χ3v) is 3.40. The van der Waals surface area contributed by atoms with Crippen LogP contribution in [-0.2, 0) is 0 Å². The first-order valence-corrected chi connectivity index (χ1v) is 5.98. The van der Waals surface area contributed by atoms with Gasteiger partial charge in [0, 0.05) is 16.1 Å². The van der Waals surface area contributed by atoms with E-state index in [1.54, 1.807) is 36.5 Å². The van der Waals surface area contributed by atoms with Gasteiger partial charge in [-0.1, -0.05) is 23.4 Å². The molecule has 1 heterocycles. The lowest BCUT2D eigenvalue weighted by Crippen LogP contribution is -1.91. The Morgan fingerprint density at radius 3 is 2.88 bits per heavy atom. The van der Waals surface area contributed by atoms with Gasteiger partial charge in [-0.25, -0.2) is 4.98 Å². The fourth-order valence-corrected chi connectivity index (χ4v) is 2.42. The summed E-state index contributed by atoms with van der Waals surface area (Å²) in [7, 11) is 0. The number of nitrogens with zero attached hydrogens (tertiary/aromatic N) is 2.